The van der Waals surface area contributed by atoms with E-state index < -0.39 is 0 Å². The third-order valence-electron chi connectivity index (χ3n) is 4.39. The first-order chi connectivity index (χ1) is 12.1. The molecule has 1 amide bonds. The highest BCUT2D eigenvalue weighted by molar-refractivity contribution is 5.98. The summed E-state index contributed by atoms with van der Waals surface area (Å²) in [5, 5.41) is 4.63. The molecular weight excluding hydrogens is 317 g/mol. The normalized spacial score (nSPS) is 11.1. The van der Waals surface area contributed by atoms with Gasteiger partial charge in [-0.1, -0.05) is 0 Å². The number of carbonyl (C=O) groups is 1. The number of nitrogens with zero attached hydrogens (tertiary/aromatic N) is 1. The van der Waals surface area contributed by atoms with Gasteiger partial charge < -0.3 is 10.3 Å². The molecule has 0 saturated heterocycles. The molecule has 0 fully saturated rings. The number of hydrogen-bond acceptors (Lipinski definition) is 2. The van der Waals surface area contributed by atoms with Crippen molar-refractivity contribution in [3.05, 3.63) is 77.4 Å². The van der Waals surface area contributed by atoms with E-state index in [1.807, 2.05) is 25.1 Å². The van der Waals surface area contributed by atoms with Crippen molar-refractivity contribution in [2.45, 2.75) is 13.5 Å². The van der Waals surface area contributed by atoms with Crippen LogP contribution in [-0.2, 0) is 6.54 Å². The van der Waals surface area contributed by atoms with E-state index in [1.54, 1.807) is 24.5 Å². The Kier molecular flexibility index (Phi) is 3.69. The fourth-order valence-corrected chi connectivity index (χ4v) is 3.00. The second kappa shape index (κ2) is 6.02. The molecule has 2 N–H and O–H groups in total. The lowest BCUT2D eigenvalue weighted by Crippen LogP contribution is -2.22. The molecule has 4 nitrogen and oxygen atoms in total. The third-order valence-corrected chi connectivity index (χ3v) is 4.39. The fourth-order valence-electron chi connectivity index (χ4n) is 3.00. The van der Waals surface area contributed by atoms with Crippen molar-refractivity contribution in [3.8, 4) is 0 Å². The van der Waals surface area contributed by atoms with Gasteiger partial charge in [0, 0.05) is 40.8 Å². The summed E-state index contributed by atoms with van der Waals surface area (Å²) in [5.74, 6) is -0.465. The monoisotopic (exact) mass is 333 g/mol. The number of H-pyrrole nitrogens is 1. The van der Waals surface area contributed by atoms with E-state index in [0.29, 0.717) is 12.1 Å². The highest BCUT2D eigenvalue weighted by Crippen LogP contribution is 2.20. The van der Waals surface area contributed by atoms with Gasteiger partial charge in [0.25, 0.3) is 5.91 Å². The molecule has 2 heterocycles. The van der Waals surface area contributed by atoms with Crippen molar-refractivity contribution in [1.29, 1.82) is 0 Å². The minimum absolute atomic E-state index is 0.170. The lowest BCUT2D eigenvalue weighted by Gasteiger charge is -2.07. The number of halogens is 1. The van der Waals surface area contributed by atoms with Crippen molar-refractivity contribution >= 4 is 27.7 Å². The maximum absolute atomic E-state index is 13.4. The summed E-state index contributed by atoms with van der Waals surface area (Å²) in [6, 6.07) is 11.9. The number of pyridine rings is 1. The van der Waals surface area contributed by atoms with Crippen LogP contribution in [0.15, 0.2) is 54.9 Å². The van der Waals surface area contributed by atoms with Crippen LogP contribution in [-0.4, -0.2) is 15.9 Å². The van der Waals surface area contributed by atoms with E-state index in [-0.39, 0.29) is 11.7 Å². The Bertz CT molecular complexity index is 1100. The molecule has 25 heavy (non-hydrogen) atoms. The van der Waals surface area contributed by atoms with E-state index in [2.05, 4.69) is 15.3 Å². The molecule has 124 valence electrons. The SMILES string of the molecule is Cc1ccnc2ccc(C(=O)NCc3c[nH]c4ccc(F)cc34)cc12. The van der Waals surface area contributed by atoms with E-state index in [4.69, 9.17) is 0 Å². The lowest BCUT2D eigenvalue weighted by molar-refractivity contribution is 0.0951. The topological polar surface area (TPSA) is 57.8 Å². The third kappa shape index (κ3) is 2.85. The van der Waals surface area contributed by atoms with Crippen LogP contribution in [0.25, 0.3) is 21.8 Å². The van der Waals surface area contributed by atoms with E-state index in [9.17, 15) is 9.18 Å². The number of hydrogen-bond donors (Lipinski definition) is 2. The summed E-state index contributed by atoms with van der Waals surface area (Å²) >= 11 is 0. The molecule has 0 aliphatic heterocycles. The Morgan fingerprint density at radius 3 is 2.92 bits per heavy atom. The average Bonchev–Trinajstić information content (AvgIpc) is 3.02. The summed E-state index contributed by atoms with van der Waals surface area (Å²) in [6.07, 6.45) is 3.55. The maximum Gasteiger partial charge on any atom is 0.251 e. The first kappa shape index (κ1) is 15.3. The summed E-state index contributed by atoms with van der Waals surface area (Å²) < 4.78 is 13.4. The molecule has 0 unspecified atom stereocenters. The second-order valence-corrected chi connectivity index (χ2v) is 6.05. The average molecular weight is 333 g/mol. The van der Waals surface area contributed by atoms with Crippen LogP contribution in [0.5, 0.6) is 0 Å². The Hall–Kier alpha value is -3.21. The summed E-state index contributed by atoms with van der Waals surface area (Å²) in [5.41, 5.74) is 4.21. The smallest absolute Gasteiger partial charge is 0.251 e. The van der Waals surface area contributed by atoms with Crippen LogP contribution in [0.4, 0.5) is 4.39 Å². The summed E-state index contributed by atoms with van der Waals surface area (Å²) in [7, 11) is 0. The van der Waals surface area contributed by atoms with Crippen LogP contribution < -0.4 is 5.32 Å². The zero-order chi connectivity index (χ0) is 17.4. The Labute approximate surface area is 143 Å². The number of nitrogens with one attached hydrogen (secondary N) is 2. The molecule has 0 bridgehead atoms. The van der Waals surface area contributed by atoms with E-state index in [0.717, 1.165) is 32.9 Å². The van der Waals surface area contributed by atoms with Crippen molar-refractivity contribution in [2.24, 2.45) is 0 Å². The van der Waals surface area contributed by atoms with Gasteiger partial charge in [0.15, 0.2) is 0 Å². The molecule has 0 atom stereocenters. The number of aromatic amines is 1. The van der Waals surface area contributed by atoms with Crippen molar-refractivity contribution in [1.82, 2.24) is 15.3 Å². The Morgan fingerprint density at radius 1 is 1.16 bits per heavy atom. The Morgan fingerprint density at radius 2 is 2.04 bits per heavy atom. The van der Waals surface area contributed by atoms with Gasteiger partial charge in [0.1, 0.15) is 5.82 Å². The molecular formula is C20H16FN3O. The first-order valence-corrected chi connectivity index (χ1v) is 8.01. The van der Waals surface area contributed by atoms with Crippen molar-refractivity contribution < 1.29 is 9.18 Å². The van der Waals surface area contributed by atoms with Gasteiger partial charge in [-0.25, -0.2) is 4.39 Å². The van der Waals surface area contributed by atoms with Crippen LogP contribution in [0.3, 0.4) is 0 Å². The van der Waals surface area contributed by atoms with Gasteiger partial charge in [-0.15, -0.1) is 0 Å². The van der Waals surface area contributed by atoms with E-state index in [1.165, 1.54) is 12.1 Å². The minimum Gasteiger partial charge on any atom is -0.361 e. The molecule has 0 spiro atoms. The Balaban J connectivity index is 1.57. The van der Waals surface area contributed by atoms with Gasteiger partial charge in [-0.3, -0.25) is 9.78 Å². The van der Waals surface area contributed by atoms with Crippen LogP contribution in [0.2, 0.25) is 0 Å². The molecule has 2 aromatic carbocycles. The van der Waals surface area contributed by atoms with Gasteiger partial charge in [0.2, 0.25) is 0 Å². The molecule has 4 rings (SSSR count). The number of benzene rings is 2. The van der Waals surface area contributed by atoms with Gasteiger partial charge in [-0.2, -0.15) is 0 Å². The molecule has 0 saturated carbocycles. The highest BCUT2D eigenvalue weighted by Gasteiger charge is 2.10. The maximum atomic E-state index is 13.4. The zero-order valence-corrected chi connectivity index (χ0v) is 13.6. The predicted molar refractivity (Wildman–Crippen MR) is 95.9 cm³/mol. The van der Waals surface area contributed by atoms with Crippen molar-refractivity contribution in [2.75, 3.05) is 0 Å². The zero-order valence-electron chi connectivity index (χ0n) is 13.6. The molecule has 0 aliphatic carbocycles. The molecule has 0 aliphatic rings. The quantitative estimate of drug-likeness (QED) is 0.593. The van der Waals surface area contributed by atoms with Gasteiger partial charge in [0.05, 0.1) is 5.52 Å². The number of rotatable bonds is 3. The number of aryl methyl sites for hydroxylation is 1. The van der Waals surface area contributed by atoms with Gasteiger partial charge in [-0.05, 0) is 60.5 Å². The summed E-state index contributed by atoms with van der Waals surface area (Å²) in [6.45, 7) is 2.32. The first-order valence-electron chi connectivity index (χ1n) is 8.01. The molecule has 0 radical (unpaired) electrons. The number of carbonyl (C=O) groups excluding carboxylic acids is 1. The molecule has 4 aromatic rings. The molecule has 5 heteroatoms. The second-order valence-electron chi connectivity index (χ2n) is 6.05. The van der Waals surface area contributed by atoms with Crippen LogP contribution in [0.1, 0.15) is 21.5 Å². The van der Waals surface area contributed by atoms with E-state index >= 15 is 0 Å². The standard InChI is InChI=1S/C20H16FN3O/c1-12-6-7-22-18-4-2-13(8-16(12)18)20(25)24-11-14-10-23-19-5-3-15(21)9-17(14)19/h2-10,23H,11H2,1H3,(H,24,25). The van der Waals surface area contributed by atoms with Crippen LogP contribution >= 0.6 is 0 Å². The number of amides is 1. The van der Waals surface area contributed by atoms with Gasteiger partial charge >= 0.3 is 0 Å². The lowest BCUT2D eigenvalue weighted by atomic mass is 10.1. The van der Waals surface area contributed by atoms with Crippen molar-refractivity contribution in [3.63, 3.8) is 0 Å². The largest absolute Gasteiger partial charge is 0.361 e. The molecule has 2 aromatic heterocycles. The number of fused-ring (bicyclic) bond motifs is 2. The predicted octanol–water partition coefficient (Wildman–Crippen LogP) is 4.09. The summed E-state index contributed by atoms with van der Waals surface area (Å²) in [4.78, 5) is 19.9. The highest BCUT2D eigenvalue weighted by atomic mass is 19.1. The number of aromatic nitrogens is 2. The van der Waals surface area contributed by atoms with Crippen LogP contribution in [0, 0.1) is 12.7 Å². The minimum atomic E-state index is -0.294. The fraction of sp³-hybridized carbons (Fsp3) is 0.100.